The molecule has 0 heterocycles. The van der Waals surface area contributed by atoms with E-state index in [1.54, 1.807) is 7.11 Å². The molecule has 0 amide bonds. The number of hydrogen-bond donors (Lipinski definition) is 0. The molecule has 0 bridgehead atoms. The molecule has 0 aliphatic carbocycles. The van der Waals surface area contributed by atoms with E-state index in [0.29, 0.717) is 6.42 Å². The van der Waals surface area contributed by atoms with E-state index in [1.165, 1.54) is 11.1 Å². The number of carbonyl (C=O) groups excluding carboxylic acids is 1. The number of aldehydes is 1. The monoisotopic (exact) mass is 262 g/mol. The van der Waals surface area contributed by atoms with Gasteiger partial charge in [0.25, 0.3) is 0 Å². The summed E-state index contributed by atoms with van der Waals surface area (Å²) >= 11 is 0. The second-order valence-corrected chi connectivity index (χ2v) is 7.09. The summed E-state index contributed by atoms with van der Waals surface area (Å²) in [4.78, 5) is 10.9. The molecule has 0 fully saturated rings. The van der Waals surface area contributed by atoms with Crippen molar-refractivity contribution < 1.29 is 9.53 Å². The highest BCUT2D eigenvalue weighted by atomic mass is 16.5. The first-order valence-electron chi connectivity index (χ1n) is 6.76. The van der Waals surface area contributed by atoms with Crippen molar-refractivity contribution in [3.63, 3.8) is 0 Å². The van der Waals surface area contributed by atoms with Crippen LogP contribution >= 0.6 is 0 Å². The Hall–Kier alpha value is -1.31. The van der Waals surface area contributed by atoms with Crippen molar-refractivity contribution in [2.24, 2.45) is 0 Å². The molecule has 0 radical (unpaired) electrons. The van der Waals surface area contributed by atoms with Gasteiger partial charge in [-0.1, -0.05) is 53.7 Å². The number of methoxy groups -OCH3 is 1. The van der Waals surface area contributed by atoms with Crippen LogP contribution in [-0.2, 0) is 22.0 Å². The standard InChI is InChI=1S/C17H26O2/c1-16(2,3)13-10-12(8-9-18)15(19-7)14(11-13)17(4,5)6/h9-11H,8H2,1-7H3. The first kappa shape index (κ1) is 15.7. The lowest BCUT2D eigenvalue weighted by atomic mass is 9.78. The predicted octanol–water partition coefficient (Wildman–Crippen LogP) is 4.03. The van der Waals surface area contributed by atoms with Crippen LogP contribution in [0.15, 0.2) is 12.1 Å². The third-order valence-corrected chi connectivity index (χ3v) is 3.35. The molecule has 0 saturated carbocycles. The molecule has 0 aliphatic heterocycles. The van der Waals surface area contributed by atoms with E-state index in [-0.39, 0.29) is 10.8 Å². The predicted molar refractivity (Wildman–Crippen MR) is 80.2 cm³/mol. The third kappa shape index (κ3) is 3.59. The lowest BCUT2D eigenvalue weighted by Gasteiger charge is -2.28. The molecule has 0 aliphatic rings. The van der Waals surface area contributed by atoms with Crippen LogP contribution in [0.2, 0.25) is 0 Å². The Balaban J connectivity index is 3.59. The van der Waals surface area contributed by atoms with Gasteiger partial charge in [0.15, 0.2) is 0 Å². The van der Waals surface area contributed by atoms with Crippen LogP contribution in [0.25, 0.3) is 0 Å². The van der Waals surface area contributed by atoms with E-state index in [9.17, 15) is 4.79 Å². The topological polar surface area (TPSA) is 26.3 Å². The van der Waals surface area contributed by atoms with Gasteiger partial charge in [-0.3, -0.25) is 0 Å². The van der Waals surface area contributed by atoms with Crippen LogP contribution in [0.1, 0.15) is 58.2 Å². The van der Waals surface area contributed by atoms with Gasteiger partial charge < -0.3 is 9.53 Å². The highest BCUT2D eigenvalue weighted by molar-refractivity contribution is 5.61. The van der Waals surface area contributed by atoms with Gasteiger partial charge in [-0.2, -0.15) is 0 Å². The number of rotatable bonds is 3. The summed E-state index contributed by atoms with van der Waals surface area (Å²) in [6, 6.07) is 4.32. The molecule has 106 valence electrons. The van der Waals surface area contributed by atoms with Crippen LogP contribution in [-0.4, -0.2) is 13.4 Å². The summed E-state index contributed by atoms with van der Waals surface area (Å²) < 4.78 is 5.56. The minimum absolute atomic E-state index is 0.00968. The van der Waals surface area contributed by atoms with Crippen molar-refractivity contribution >= 4 is 6.29 Å². The molecule has 0 spiro atoms. The van der Waals surface area contributed by atoms with Crippen LogP contribution in [0.4, 0.5) is 0 Å². The van der Waals surface area contributed by atoms with E-state index in [4.69, 9.17) is 4.74 Å². The number of hydrogen-bond acceptors (Lipinski definition) is 2. The average molecular weight is 262 g/mol. The van der Waals surface area contributed by atoms with Gasteiger partial charge in [-0.25, -0.2) is 0 Å². The summed E-state index contributed by atoms with van der Waals surface area (Å²) in [5, 5.41) is 0. The fourth-order valence-electron chi connectivity index (χ4n) is 2.16. The molecule has 0 aromatic heterocycles. The highest BCUT2D eigenvalue weighted by Gasteiger charge is 2.25. The Morgan fingerprint density at radius 2 is 1.63 bits per heavy atom. The van der Waals surface area contributed by atoms with Crippen molar-refractivity contribution in [1.82, 2.24) is 0 Å². The maximum absolute atomic E-state index is 10.9. The number of carbonyl (C=O) groups is 1. The van der Waals surface area contributed by atoms with Crippen molar-refractivity contribution in [3.8, 4) is 5.75 Å². The van der Waals surface area contributed by atoms with Crippen LogP contribution in [0.3, 0.4) is 0 Å². The summed E-state index contributed by atoms with van der Waals surface area (Å²) in [7, 11) is 1.68. The van der Waals surface area contributed by atoms with Gasteiger partial charge in [0.2, 0.25) is 0 Å². The number of ether oxygens (including phenoxy) is 1. The Bertz CT molecular complexity index is 459. The van der Waals surface area contributed by atoms with E-state index in [2.05, 4.69) is 53.7 Å². The van der Waals surface area contributed by atoms with E-state index < -0.39 is 0 Å². The van der Waals surface area contributed by atoms with Crippen LogP contribution in [0, 0.1) is 0 Å². The van der Waals surface area contributed by atoms with Crippen LogP contribution < -0.4 is 4.74 Å². The molecule has 1 aromatic carbocycles. The van der Waals surface area contributed by atoms with Gasteiger partial charge in [-0.05, 0) is 16.4 Å². The minimum atomic E-state index is -0.00968. The van der Waals surface area contributed by atoms with Gasteiger partial charge >= 0.3 is 0 Å². The SMILES string of the molecule is COc1c(CC=O)cc(C(C)(C)C)cc1C(C)(C)C. The average Bonchev–Trinajstić information content (AvgIpc) is 2.26. The number of benzene rings is 1. The molecule has 1 aromatic rings. The van der Waals surface area contributed by atoms with Gasteiger partial charge in [0.1, 0.15) is 12.0 Å². The minimum Gasteiger partial charge on any atom is -0.496 e. The largest absolute Gasteiger partial charge is 0.496 e. The summed E-state index contributed by atoms with van der Waals surface area (Å²) in [6.07, 6.45) is 1.34. The normalized spacial score (nSPS) is 12.4. The van der Waals surface area contributed by atoms with Crippen molar-refractivity contribution in [1.29, 1.82) is 0 Å². The lowest BCUT2D eigenvalue weighted by Crippen LogP contribution is -2.18. The lowest BCUT2D eigenvalue weighted by molar-refractivity contribution is -0.107. The maximum atomic E-state index is 10.9. The zero-order valence-electron chi connectivity index (χ0n) is 13.3. The molecule has 2 nitrogen and oxygen atoms in total. The molecule has 0 N–H and O–H groups in total. The van der Waals surface area contributed by atoms with Crippen molar-refractivity contribution in [2.45, 2.75) is 58.8 Å². The molecule has 1 rings (SSSR count). The zero-order chi connectivity index (χ0) is 14.8. The van der Waals surface area contributed by atoms with E-state index >= 15 is 0 Å². The quantitative estimate of drug-likeness (QED) is 0.769. The van der Waals surface area contributed by atoms with Gasteiger partial charge in [-0.15, -0.1) is 0 Å². The van der Waals surface area contributed by atoms with Gasteiger partial charge in [0.05, 0.1) is 7.11 Å². The van der Waals surface area contributed by atoms with Crippen molar-refractivity contribution in [2.75, 3.05) is 7.11 Å². The van der Waals surface area contributed by atoms with Crippen molar-refractivity contribution in [3.05, 3.63) is 28.8 Å². The first-order chi connectivity index (χ1) is 8.61. The zero-order valence-corrected chi connectivity index (χ0v) is 13.3. The van der Waals surface area contributed by atoms with Gasteiger partial charge in [0, 0.05) is 17.5 Å². The third-order valence-electron chi connectivity index (χ3n) is 3.35. The molecule has 19 heavy (non-hydrogen) atoms. The molecular formula is C17H26O2. The molecular weight excluding hydrogens is 236 g/mol. The summed E-state index contributed by atoms with van der Waals surface area (Å²) in [5.74, 6) is 0.854. The Labute approximate surface area is 117 Å². The molecule has 0 atom stereocenters. The fraction of sp³-hybridized carbons (Fsp3) is 0.588. The van der Waals surface area contributed by atoms with E-state index in [1.807, 2.05) is 0 Å². The first-order valence-corrected chi connectivity index (χ1v) is 6.76. The highest BCUT2D eigenvalue weighted by Crippen LogP contribution is 2.38. The Morgan fingerprint density at radius 1 is 1.05 bits per heavy atom. The Kier molecular flexibility index (Phi) is 4.44. The maximum Gasteiger partial charge on any atom is 0.126 e. The second-order valence-electron chi connectivity index (χ2n) is 7.09. The Morgan fingerprint density at radius 3 is 2.00 bits per heavy atom. The molecule has 0 unspecified atom stereocenters. The summed E-state index contributed by atoms with van der Waals surface area (Å²) in [6.45, 7) is 13.1. The molecule has 2 heteroatoms. The van der Waals surface area contributed by atoms with Crippen LogP contribution in [0.5, 0.6) is 5.75 Å². The smallest absolute Gasteiger partial charge is 0.126 e. The summed E-state index contributed by atoms with van der Waals surface area (Å²) in [5.41, 5.74) is 3.44. The molecule has 0 saturated heterocycles. The fourth-order valence-corrected chi connectivity index (χ4v) is 2.16. The second kappa shape index (κ2) is 5.36. The van der Waals surface area contributed by atoms with E-state index in [0.717, 1.165) is 17.6 Å².